The number of phenols is 1. The summed E-state index contributed by atoms with van der Waals surface area (Å²) in [5, 5.41) is 12.4. The van der Waals surface area contributed by atoms with Gasteiger partial charge < -0.3 is 19.9 Å². The summed E-state index contributed by atoms with van der Waals surface area (Å²) in [7, 11) is 0. The first-order valence-electron chi connectivity index (χ1n) is 8.06. The fraction of sp³-hybridized carbons (Fsp3) is 0.588. The Labute approximate surface area is 137 Å². The summed E-state index contributed by atoms with van der Waals surface area (Å²) in [6, 6.07) is 6.58. The Morgan fingerprint density at radius 1 is 1.48 bits per heavy atom. The van der Waals surface area contributed by atoms with E-state index in [1.54, 1.807) is 18.2 Å². The molecule has 1 saturated heterocycles. The predicted octanol–water partition coefficient (Wildman–Crippen LogP) is 1.24. The molecule has 1 heterocycles. The minimum absolute atomic E-state index is 0.0107. The molecule has 1 aromatic carbocycles. The monoisotopic (exact) mass is 322 g/mol. The van der Waals surface area contributed by atoms with Crippen molar-refractivity contribution >= 4 is 5.91 Å². The van der Waals surface area contributed by atoms with Crippen LogP contribution in [0.3, 0.4) is 0 Å². The van der Waals surface area contributed by atoms with Gasteiger partial charge in [0.1, 0.15) is 0 Å². The van der Waals surface area contributed by atoms with Gasteiger partial charge in [0, 0.05) is 26.2 Å². The van der Waals surface area contributed by atoms with Gasteiger partial charge in [0.25, 0.3) is 5.91 Å². The molecule has 1 unspecified atom stereocenters. The van der Waals surface area contributed by atoms with Crippen LogP contribution in [0, 0.1) is 5.92 Å². The number of morpholine rings is 1. The molecule has 0 aliphatic carbocycles. The van der Waals surface area contributed by atoms with Crippen LogP contribution in [0.4, 0.5) is 0 Å². The normalized spacial score (nSPS) is 18.8. The second kappa shape index (κ2) is 8.74. The SMILES string of the molecule is CC(C)CN1CCOC(CNC(=O)COc2ccccc2O)C1. The highest BCUT2D eigenvalue weighted by atomic mass is 16.5. The first-order valence-corrected chi connectivity index (χ1v) is 8.06. The van der Waals surface area contributed by atoms with E-state index in [1.165, 1.54) is 6.07 Å². The van der Waals surface area contributed by atoms with Crippen molar-refractivity contribution < 1.29 is 19.4 Å². The molecule has 1 fully saturated rings. The maximum absolute atomic E-state index is 11.8. The lowest BCUT2D eigenvalue weighted by molar-refractivity contribution is -0.124. The van der Waals surface area contributed by atoms with Crippen molar-refractivity contribution in [1.29, 1.82) is 0 Å². The van der Waals surface area contributed by atoms with Gasteiger partial charge in [-0.3, -0.25) is 9.69 Å². The zero-order chi connectivity index (χ0) is 16.7. The van der Waals surface area contributed by atoms with E-state index < -0.39 is 0 Å². The molecule has 2 rings (SSSR count). The van der Waals surface area contributed by atoms with E-state index in [0.717, 1.165) is 19.6 Å². The Hall–Kier alpha value is -1.79. The number of amides is 1. The van der Waals surface area contributed by atoms with E-state index in [1.807, 2.05) is 0 Å². The molecule has 1 aromatic rings. The fourth-order valence-corrected chi connectivity index (χ4v) is 2.59. The van der Waals surface area contributed by atoms with Gasteiger partial charge in [0.2, 0.25) is 0 Å². The summed E-state index contributed by atoms with van der Waals surface area (Å²) in [5.41, 5.74) is 0. The number of ether oxygens (including phenoxy) is 2. The number of rotatable bonds is 7. The molecule has 1 aliphatic heterocycles. The van der Waals surface area contributed by atoms with Crippen LogP contribution in [0.25, 0.3) is 0 Å². The lowest BCUT2D eigenvalue weighted by atomic mass is 10.2. The summed E-state index contributed by atoms with van der Waals surface area (Å²) in [6.07, 6.45) is 0.0107. The van der Waals surface area contributed by atoms with Gasteiger partial charge in [0.05, 0.1) is 12.7 Å². The topological polar surface area (TPSA) is 71.0 Å². The maximum Gasteiger partial charge on any atom is 0.258 e. The van der Waals surface area contributed by atoms with Crippen LogP contribution in [0.1, 0.15) is 13.8 Å². The van der Waals surface area contributed by atoms with Crippen LogP contribution in [-0.2, 0) is 9.53 Å². The number of para-hydroxylation sites is 2. The summed E-state index contributed by atoms with van der Waals surface area (Å²) in [6.45, 7) is 8.26. The molecular formula is C17H26N2O4. The van der Waals surface area contributed by atoms with Crippen LogP contribution in [-0.4, -0.2) is 61.4 Å². The van der Waals surface area contributed by atoms with E-state index in [0.29, 0.717) is 24.8 Å². The van der Waals surface area contributed by atoms with Gasteiger partial charge >= 0.3 is 0 Å². The van der Waals surface area contributed by atoms with Crippen molar-refractivity contribution in [3.8, 4) is 11.5 Å². The first kappa shape index (κ1) is 17.6. The van der Waals surface area contributed by atoms with E-state index in [4.69, 9.17) is 9.47 Å². The highest BCUT2D eigenvalue weighted by molar-refractivity contribution is 5.77. The van der Waals surface area contributed by atoms with Gasteiger partial charge in [-0.05, 0) is 18.1 Å². The number of benzene rings is 1. The number of phenolic OH excluding ortho intramolecular Hbond substituents is 1. The lowest BCUT2D eigenvalue weighted by Crippen LogP contribution is -2.48. The molecule has 0 saturated carbocycles. The molecule has 128 valence electrons. The Bertz CT molecular complexity index is 507. The van der Waals surface area contributed by atoms with Gasteiger partial charge in [-0.1, -0.05) is 26.0 Å². The zero-order valence-electron chi connectivity index (χ0n) is 13.8. The lowest BCUT2D eigenvalue weighted by Gasteiger charge is -2.33. The Balaban J connectivity index is 1.69. The van der Waals surface area contributed by atoms with Crippen molar-refractivity contribution in [2.75, 3.05) is 39.4 Å². The molecule has 2 N–H and O–H groups in total. The molecule has 0 spiro atoms. The highest BCUT2D eigenvalue weighted by Crippen LogP contribution is 2.23. The molecule has 1 atom stereocenters. The number of nitrogens with one attached hydrogen (secondary N) is 1. The molecule has 1 amide bonds. The second-order valence-corrected chi connectivity index (χ2v) is 6.21. The fourth-order valence-electron chi connectivity index (χ4n) is 2.59. The molecule has 0 radical (unpaired) electrons. The summed E-state index contributed by atoms with van der Waals surface area (Å²) in [4.78, 5) is 14.2. The van der Waals surface area contributed by atoms with Crippen LogP contribution in [0.2, 0.25) is 0 Å². The summed E-state index contributed by atoms with van der Waals surface area (Å²) in [5.74, 6) is 0.730. The number of carbonyl (C=O) groups excluding carboxylic acids is 1. The van der Waals surface area contributed by atoms with E-state index in [2.05, 4.69) is 24.1 Å². The third-order valence-corrected chi connectivity index (χ3v) is 3.60. The van der Waals surface area contributed by atoms with Gasteiger partial charge in [-0.2, -0.15) is 0 Å². The minimum atomic E-state index is -0.224. The third kappa shape index (κ3) is 6.08. The average Bonchev–Trinajstić information content (AvgIpc) is 2.52. The van der Waals surface area contributed by atoms with Crippen molar-refractivity contribution in [3.05, 3.63) is 24.3 Å². The number of nitrogens with zero attached hydrogens (tertiary/aromatic N) is 1. The quantitative estimate of drug-likeness (QED) is 0.790. The molecule has 6 nitrogen and oxygen atoms in total. The molecule has 23 heavy (non-hydrogen) atoms. The van der Waals surface area contributed by atoms with Crippen molar-refractivity contribution in [2.45, 2.75) is 20.0 Å². The summed E-state index contributed by atoms with van der Waals surface area (Å²) >= 11 is 0. The third-order valence-electron chi connectivity index (χ3n) is 3.60. The van der Waals surface area contributed by atoms with E-state index in [9.17, 15) is 9.90 Å². The van der Waals surface area contributed by atoms with E-state index in [-0.39, 0.29) is 24.4 Å². The Kier molecular flexibility index (Phi) is 6.67. The predicted molar refractivity (Wildman–Crippen MR) is 87.6 cm³/mol. The van der Waals surface area contributed by atoms with Gasteiger partial charge in [-0.25, -0.2) is 0 Å². The van der Waals surface area contributed by atoms with Crippen molar-refractivity contribution in [3.63, 3.8) is 0 Å². The maximum atomic E-state index is 11.8. The largest absolute Gasteiger partial charge is 0.504 e. The minimum Gasteiger partial charge on any atom is -0.504 e. The highest BCUT2D eigenvalue weighted by Gasteiger charge is 2.21. The van der Waals surface area contributed by atoms with Crippen molar-refractivity contribution in [2.24, 2.45) is 5.92 Å². The average molecular weight is 322 g/mol. The molecule has 1 aliphatic rings. The zero-order valence-corrected chi connectivity index (χ0v) is 13.8. The van der Waals surface area contributed by atoms with Gasteiger partial charge in [0.15, 0.2) is 18.1 Å². The van der Waals surface area contributed by atoms with Crippen molar-refractivity contribution in [1.82, 2.24) is 10.2 Å². The van der Waals surface area contributed by atoms with Crippen LogP contribution in [0.15, 0.2) is 24.3 Å². The van der Waals surface area contributed by atoms with Gasteiger partial charge in [-0.15, -0.1) is 0 Å². The molecule has 6 heteroatoms. The first-order chi connectivity index (χ1) is 11.0. The smallest absolute Gasteiger partial charge is 0.258 e. The second-order valence-electron chi connectivity index (χ2n) is 6.21. The number of aromatic hydroxyl groups is 1. The molecular weight excluding hydrogens is 296 g/mol. The van der Waals surface area contributed by atoms with Crippen LogP contribution in [0.5, 0.6) is 11.5 Å². The standard InChI is InChI=1S/C17H26N2O4/c1-13(2)10-19-7-8-22-14(11-19)9-18-17(21)12-23-16-6-4-3-5-15(16)20/h3-6,13-14,20H,7-12H2,1-2H3,(H,18,21). The number of carbonyl (C=O) groups is 1. The molecule has 0 aromatic heterocycles. The summed E-state index contributed by atoms with van der Waals surface area (Å²) < 4.78 is 11.0. The van der Waals surface area contributed by atoms with E-state index >= 15 is 0 Å². The molecule has 0 bridgehead atoms. The number of hydrogen-bond acceptors (Lipinski definition) is 5. The van der Waals surface area contributed by atoms with Crippen LogP contribution < -0.4 is 10.1 Å². The Morgan fingerprint density at radius 3 is 3.00 bits per heavy atom. The Morgan fingerprint density at radius 2 is 2.26 bits per heavy atom. The number of hydrogen-bond donors (Lipinski definition) is 2. The van der Waals surface area contributed by atoms with Crippen LogP contribution >= 0.6 is 0 Å².